The minimum absolute atomic E-state index is 0.000487. The molecule has 1 saturated heterocycles. The number of alkyl halides is 2. The van der Waals surface area contributed by atoms with Gasteiger partial charge < -0.3 is 20.3 Å². The summed E-state index contributed by atoms with van der Waals surface area (Å²) in [5.74, 6) is -5.63. The van der Waals surface area contributed by atoms with Crippen LogP contribution in [-0.4, -0.2) is 66.4 Å². The van der Waals surface area contributed by atoms with Crippen LogP contribution in [0.1, 0.15) is 37.8 Å². The number of rotatable bonds is 10. The van der Waals surface area contributed by atoms with Crippen LogP contribution in [0.25, 0.3) is 0 Å². The number of ether oxygens (including phenoxy) is 1. The second-order valence-corrected chi connectivity index (χ2v) is 10.1. The molecule has 2 atom stereocenters. The molecule has 2 fully saturated rings. The molecule has 1 aliphatic carbocycles. The molecule has 4 rings (SSSR count). The molecule has 214 valence electrons. The molecule has 2 aliphatic rings. The van der Waals surface area contributed by atoms with Gasteiger partial charge in [-0.05, 0) is 31.2 Å². The number of anilines is 1. The van der Waals surface area contributed by atoms with E-state index in [9.17, 15) is 32.3 Å². The van der Waals surface area contributed by atoms with Gasteiger partial charge in [0, 0.05) is 48.1 Å². The van der Waals surface area contributed by atoms with Gasteiger partial charge in [-0.2, -0.15) is 0 Å². The van der Waals surface area contributed by atoms with Gasteiger partial charge in [-0.15, -0.1) is 0 Å². The SMILES string of the molecule is CCOC(=O)CN1C[C@@H](CC(=O)N(c2cccc(F)c2)C(C(=O)NC2CC(F)(F)C2)c2ccccc2Cl)NC1=O. The number of carbonyl (C=O) groups is 4. The predicted molar refractivity (Wildman–Crippen MR) is 139 cm³/mol. The zero-order valence-electron chi connectivity index (χ0n) is 21.5. The average Bonchev–Trinajstić information content (AvgIpc) is 3.19. The minimum atomic E-state index is -2.90. The molecule has 1 unspecified atom stereocenters. The van der Waals surface area contributed by atoms with E-state index < -0.39 is 66.5 Å². The van der Waals surface area contributed by atoms with Crippen LogP contribution in [0.15, 0.2) is 48.5 Å². The number of hydrogen-bond donors (Lipinski definition) is 2. The Bertz CT molecular complexity index is 1290. The third kappa shape index (κ3) is 6.85. The summed E-state index contributed by atoms with van der Waals surface area (Å²) < 4.78 is 46.2. The number of halogens is 4. The largest absolute Gasteiger partial charge is 0.465 e. The molecule has 2 aromatic carbocycles. The normalized spacial score (nSPS) is 18.9. The summed E-state index contributed by atoms with van der Waals surface area (Å²) in [6.45, 7) is 1.46. The van der Waals surface area contributed by atoms with Crippen molar-refractivity contribution < 1.29 is 37.1 Å². The first kappa shape index (κ1) is 29.2. The van der Waals surface area contributed by atoms with Crippen LogP contribution in [0.4, 0.5) is 23.7 Å². The van der Waals surface area contributed by atoms with Crippen molar-refractivity contribution in [1.29, 1.82) is 0 Å². The summed E-state index contributed by atoms with van der Waals surface area (Å²) in [4.78, 5) is 54.0. The van der Waals surface area contributed by atoms with E-state index in [-0.39, 0.29) is 42.4 Å². The lowest BCUT2D eigenvalue weighted by Crippen LogP contribution is -2.54. The fourth-order valence-electron chi connectivity index (χ4n) is 4.78. The number of hydrogen-bond acceptors (Lipinski definition) is 5. The van der Waals surface area contributed by atoms with E-state index in [1.807, 2.05) is 0 Å². The molecule has 1 aliphatic heterocycles. The molecule has 4 amide bonds. The summed E-state index contributed by atoms with van der Waals surface area (Å²) in [5, 5.41) is 5.32. The maximum absolute atomic E-state index is 14.3. The summed E-state index contributed by atoms with van der Waals surface area (Å²) in [7, 11) is 0. The lowest BCUT2D eigenvalue weighted by atomic mass is 9.87. The van der Waals surface area contributed by atoms with Crippen LogP contribution in [0, 0.1) is 5.82 Å². The molecule has 1 saturated carbocycles. The first-order valence-corrected chi connectivity index (χ1v) is 13.1. The fourth-order valence-corrected chi connectivity index (χ4v) is 5.02. The van der Waals surface area contributed by atoms with Gasteiger partial charge >= 0.3 is 12.0 Å². The maximum Gasteiger partial charge on any atom is 0.325 e. The highest BCUT2D eigenvalue weighted by atomic mass is 35.5. The number of benzene rings is 2. The van der Waals surface area contributed by atoms with Crippen LogP contribution < -0.4 is 15.5 Å². The van der Waals surface area contributed by atoms with Gasteiger partial charge in [-0.3, -0.25) is 19.3 Å². The topological polar surface area (TPSA) is 108 Å². The van der Waals surface area contributed by atoms with Gasteiger partial charge in [-0.1, -0.05) is 35.9 Å². The van der Waals surface area contributed by atoms with Crippen molar-refractivity contribution in [2.24, 2.45) is 0 Å². The summed E-state index contributed by atoms with van der Waals surface area (Å²) in [5.41, 5.74) is 0.224. The Labute approximate surface area is 233 Å². The first-order valence-electron chi connectivity index (χ1n) is 12.7. The van der Waals surface area contributed by atoms with Gasteiger partial charge in [0.15, 0.2) is 0 Å². The van der Waals surface area contributed by atoms with Gasteiger partial charge in [0.1, 0.15) is 18.4 Å². The van der Waals surface area contributed by atoms with Gasteiger partial charge in [0.25, 0.3) is 5.92 Å². The van der Waals surface area contributed by atoms with Crippen LogP contribution in [0.3, 0.4) is 0 Å². The number of nitrogens with one attached hydrogen (secondary N) is 2. The Morgan fingerprint density at radius 2 is 1.93 bits per heavy atom. The number of carbonyl (C=O) groups excluding carboxylic acids is 4. The minimum Gasteiger partial charge on any atom is -0.465 e. The van der Waals surface area contributed by atoms with E-state index in [1.54, 1.807) is 19.1 Å². The molecule has 2 aromatic rings. The van der Waals surface area contributed by atoms with Crippen LogP contribution in [-0.2, 0) is 19.1 Å². The number of amides is 4. The quantitative estimate of drug-likeness (QED) is 0.416. The molecule has 0 spiro atoms. The highest BCUT2D eigenvalue weighted by molar-refractivity contribution is 6.31. The second-order valence-electron chi connectivity index (χ2n) is 9.67. The van der Waals surface area contributed by atoms with Gasteiger partial charge in [0.05, 0.1) is 12.6 Å². The predicted octanol–water partition coefficient (Wildman–Crippen LogP) is 3.81. The van der Waals surface area contributed by atoms with Crippen molar-refractivity contribution in [2.75, 3.05) is 24.6 Å². The number of esters is 1. The molecule has 0 bridgehead atoms. The highest BCUT2D eigenvalue weighted by Gasteiger charge is 2.47. The molecular weight excluding hydrogens is 553 g/mol. The van der Waals surface area contributed by atoms with Gasteiger partial charge in [-0.25, -0.2) is 18.0 Å². The Balaban J connectivity index is 1.64. The number of nitrogens with zero attached hydrogens (tertiary/aromatic N) is 2. The highest BCUT2D eigenvalue weighted by Crippen LogP contribution is 2.39. The van der Waals surface area contributed by atoms with Crippen molar-refractivity contribution in [1.82, 2.24) is 15.5 Å². The zero-order valence-corrected chi connectivity index (χ0v) is 22.3. The van der Waals surface area contributed by atoms with E-state index in [0.717, 1.165) is 17.0 Å². The molecule has 2 N–H and O–H groups in total. The van der Waals surface area contributed by atoms with Crippen molar-refractivity contribution >= 4 is 41.1 Å². The number of urea groups is 1. The molecular formula is C27H28ClF3N4O5. The standard InChI is InChI=1S/C27H28ClF3N4O5/c1-2-40-23(37)15-34-14-17(33-26(34)39)11-22(36)35(19-7-5-6-16(29)10-19)24(20-8-3-4-9-21(20)28)25(38)32-18-12-27(30,31)13-18/h3-10,17-18,24H,2,11-15H2,1H3,(H,32,38)(H,33,39)/t17-,24?/m1/s1. The van der Waals surface area contributed by atoms with Crippen LogP contribution in [0.5, 0.6) is 0 Å². The Morgan fingerprint density at radius 1 is 1.20 bits per heavy atom. The average molecular weight is 581 g/mol. The first-order chi connectivity index (χ1) is 19.0. The van der Waals surface area contributed by atoms with Crippen LogP contribution >= 0.6 is 11.6 Å². The second kappa shape index (κ2) is 12.2. The maximum atomic E-state index is 14.3. The Hall–Kier alpha value is -3.80. The van der Waals surface area contributed by atoms with Gasteiger partial charge in [0.2, 0.25) is 11.8 Å². The third-order valence-corrected chi connectivity index (χ3v) is 6.94. The van der Waals surface area contributed by atoms with E-state index in [0.29, 0.717) is 0 Å². The monoisotopic (exact) mass is 580 g/mol. The van der Waals surface area contributed by atoms with Crippen molar-refractivity contribution in [2.45, 2.75) is 50.2 Å². The summed E-state index contributed by atoms with van der Waals surface area (Å²) in [6.07, 6.45) is -1.42. The zero-order chi connectivity index (χ0) is 29.0. The Kier molecular flexibility index (Phi) is 8.87. The van der Waals surface area contributed by atoms with E-state index in [4.69, 9.17) is 16.3 Å². The smallest absolute Gasteiger partial charge is 0.325 e. The van der Waals surface area contributed by atoms with E-state index in [1.165, 1.54) is 29.2 Å². The van der Waals surface area contributed by atoms with Crippen molar-refractivity contribution in [3.05, 3.63) is 64.9 Å². The van der Waals surface area contributed by atoms with E-state index in [2.05, 4.69) is 10.6 Å². The van der Waals surface area contributed by atoms with E-state index >= 15 is 0 Å². The summed E-state index contributed by atoms with van der Waals surface area (Å²) in [6, 6.07) is 7.67. The molecule has 0 aromatic heterocycles. The van der Waals surface area contributed by atoms with Crippen LogP contribution in [0.2, 0.25) is 5.02 Å². The molecule has 1 heterocycles. The lowest BCUT2D eigenvalue weighted by Gasteiger charge is -2.38. The summed E-state index contributed by atoms with van der Waals surface area (Å²) >= 11 is 6.42. The van der Waals surface area contributed by atoms with Crippen molar-refractivity contribution in [3.63, 3.8) is 0 Å². The Morgan fingerprint density at radius 3 is 2.58 bits per heavy atom. The molecule has 0 radical (unpaired) electrons. The molecule has 13 heteroatoms. The third-order valence-electron chi connectivity index (χ3n) is 6.60. The molecule has 40 heavy (non-hydrogen) atoms. The molecule has 9 nitrogen and oxygen atoms in total. The van der Waals surface area contributed by atoms with Crippen molar-refractivity contribution in [3.8, 4) is 0 Å². The lowest BCUT2D eigenvalue weighted by molar-refractivity contribution is -0.143. The fraction of sp³-hybridized carbons (Fsp3) is 0.407.